The van der Waals surface area contributed by atoms with Gasteiger partial charge in [-0.05, 0) is 61.6 Å². The molecule has 4 aliphatic rings. The lowest BCUT2D eigenvalue weighted by Gasteiger charge is -2.39. The summed E-state index contributed by atoms with van der Waals surface area (Å²) in [6.07, 6.45) is 11.6. The third-order valence-electron chi connectivity index (χ3n) is 8.35. The van der Waals surface area contributed by atoms with Crippen molar-refractivity contribution in [3.05, 3.63) is 66.7 Å². The van der Waals surface area contributed by atoms with Crippen LogP contribution in [-0.4, -0.2) is 42.0 Å². The van der Waals surface area contributed by atoms with E-state index in [9.17, 15) is 5.11 Å². The van der Waals surface area contributed by atoms with Crippen molar-refractivity contribution in [3.63, 3.8) is 0 Å². The Labute approximate surface area is 203 Å². The molecule has 0 radical (unpaired) electrons. The molecule has 1 aromatic carbocycles. The highest BCUT2D eigenvalue weighted by Gasteiger charge is 2.60. The number of aliphatic hydroxyl groups is 1. The SMILES string of the molecule is Cn1cc(-c2cc3c(NC4C5CC6CC(O)(C5)CC64)c(C(N)=Nc4ccccc4)cnn3c2)cn1. The van der Waals surface area contributed by atoms with Crippen molar-refractivity contribution in [1.29, 1.82) is 0 Å². The third-order valence-corrected chi connectivity index (χ3v) is 8.35. The number of rotatable bonds is 5. The van der Waals surface area contributed by atoms with Gasteiger partial charge < -0.3 is 16.2 Å². The van der Waals surface area contributed by atoms with Crippen LogP contribution >= 0.6 is 0 Å². The highest BCUT2D eigenvalue weighted by molar-refractivity contribution is 6.06. The number of amidine groups is 1. The van der Waals surface area contributed by atoms with Crippen molar-refractivity contribution in [3.8, 4) is 11.1 Å². The summed E-state index contributed by atoms with van der Waals surface area (Å²) in [6, 6.07) is 12.2. The van der Waals surface area contributed by atoms with Gasteiger partial charge in [0, 0.05) is 36.6 Å². The Morgan fingerprint density at radius 3 is 2.69 bits per heavy atom. The predicted octanol–water partition coefficient (Wildman–Crippen LogP) is 3.73. The van der Waals surface area contributed by atoms with Crippen LogP contribution in [0.1, 0.15) is 31.2 Å². The summed E-state index contributed by atoms with van der Waals surface area (Å²) in [5.74, 6) is 1.99. The van der Waals surface area contributed by atoms with Gasteiger partial charge in [0.15, 0.2) is 0 Å². The lowest BCUT2D eigenvalue weighted by atomic mass is 9.76. The summed E-state index contributed by atoms with van der Waals surface area (Å²) in [5, 5.41) is 23.9. The molecule has 178 valence electrons. The van der Waals surface area contributed by atoms with Crippen LogP contribution in [0.25, 0.3) is 16.6 Å². The summed E-state index contributed by atoms with van der Waals surface area (Å²) >= 11 is 0. The predicted molar refractivity (Wildman–Crippen MR) is 136 cm³/mol. The first-order chi connectivity index (χ1) is 17.0. The molecule has 4 bridgehead atoms. The minimum atomic E-state index is -0.455. The van der Waals surface area contributed by atoms with Crippen LogP contribution in [0.5, 0.6) is 0 Å². The summed E-state index contributed by atoms with van der Waals surface area (Å²) < 4.78 is 3.71. The Morgan fingerprint density at radius 2 is 1.91 bits per heavy atom. The zero-order valence-electron chi connectivity index (χ0n) is 19.7. The van der Waals surface area contributed by atoms with E-state index in [2.05, 4.69) is 21.6 Å². The molecule has 4 saturated carbocycles. The van der Waals surface area contributed by atoms with Gasteiger partial charge in [0.05, 0.1) is 40.4 Å². The maximum atomic E-state index is 10.9. The van der Waals surface area contributed by atoms with Crippen LogP contribution < -0.4 is 11.1 Å². The second kappa shape index (κ2) is 7.42. The second-order valence-electron chi connectivity index (χ2n) is 10.7. The van der Waals surface area contributed by atoms with Gasteiger partial charge >= 0.3 is 0 Å². The Balaban J connectivity index is 1.34. The number of nitrogens with zero attached hydrogens (tertiary/aromatic N) is 5. The van der Waals surface area contributed by atoms with Crippen molar-refractivity contribution >= 4 is 22.7 Å². The van der Waals surface area contributed by atoms with E-state index in [1.54, 1.807) is 4.68 Å². The van der Waals surface area contributed by atoms with Gasteiger partial charge in [0.25, 0.3) is 0 Å². The monoisotopic (exact) mass is 467 g/mol. The Hall–Kier alpha value is -3.65. The zero-order chi connectivity index (χ0) is 23.7. The third kappa shape index (κ3) is 3.35. The van der Waals surface area contributed by atoms with Crippen LogP contribution in [0.15, 0.2) is 66.2 Å². The molecule has 35 heavy (non-hydrogen) atoms. The summed E-state index contributed by atoms with van der Waals surface area (Å²) in [7, 11) is 1.92. The van der Waals surface area contributed by atoms with Crippen molar-refractivity contribution in [2.75, 3.05) is 5.32 Å². The molecule has 3 aromatic heterocycles. The number of para-hydroxylation sites is 1. The van der Waals surface area contributed by atoms with Crippen LogP contribution in [-0.2, 0) is 7.05 Å². The average molecular weight is 468 g/mol. The first-order valence-corrected chi connectivity index (χ1v) is 12.3. The molecule has 5 atom stereocenters. The van der Waals surface area contributed by atoms with Gasteiger partial charge in [-0.2, -0.15) is 10.2 Å². The van der Waals surface area contributed by atoms with Crippen molar-refractivity contribution in [1.82, 2.24) is 19.4 Å². The standard InChI is InChI=1S/C27H29N7O/c1-33-14-19(12-29-33)18-8-23-25(32-24-17-7-16-9-27(35,10-17)11-21(16)24)22(13-30-34(23)15-18)26(28)31-20-5-3-2-4-6-20/h2-6,8,12-17,21,24,32,35H,7,9-11H2,1H3,(H2,28,31). The van der Waals surface area contributed by atoms with Gasteiger partial charge in [0.1, 0.15) is 5.84 Å². The molecule has 4 fully saturated rings. The second-order valence-corrected chi connectivity index (χ2v) is 10.7. The smallest absolute Gasteiger partial charge is 0.135 e. The van der Waals surface area contributed by atoms with Crippen molar-refractivity contribution in [2.24, 2.45) is 35.5 Å². The normalized spacial score (nSPS) is 29.4. The fraction of sp³-hybridized carbons (Fsp3) is 0.370. The largest absolute Gasteiger partial charge is 0.390 e. The molecule has 3 heterocycles. The zero-order valence-corrected chi connectivity index (χ0v) is 19.7. The fourth-order valence-corrected chi connectivity index (χ4v) is 6.98. The van der Waals surface area contributed by atoms with Gasteiger partial charge in [-0.1, -0.05) is 18.2 Å². The van der Waals surface area contributed by atoms with Gasteiger partial charge in [-0.25, -0.2) is 9.51 Å². The van der Waals surface area contributed by atoms with Crippen LogP contribution in [0, 0.1) is 17.8 Å². The molecule has 5 unspecified atom stereocenters. The van der Waals surface area contributed by atoms with Crippen molar-refractivity contribution in [2.45, 2.75) is 37.3 Å². The molecule has 8 heteroatoms. The molecule has 0 spiro atoms. The molecule has 4 N–H and O–H groups in total. The van der Waals surface area contributed by atoms with E-state index >= 15 is 0 Å². The number of nitrogens with two attached hydrogens (primary N) is 1. The topological polar surface area (TPSA) is 106 Å². The van der Waals surface area contributed by atoms with Crippen LogP contribution in [0.2, 0.25) is 0 Å². The molecule has 8 rings (SSSR count). The molecule has 8 nitrogen and oxygen atoms in total. The number of aromatic nitrogens is 4. The lowest BCUT2D eigenvalue weighted by Crippen LogP contribution is -2.43. The molecular formula is C27H29N7O. The molecule has 0 saturated heterocycles. The summed E-state index contributed by atoms with van der Waals surface area (Å²) in [5.41, 5.74) is 11.8. The molecule has 4 aromatic rings. The molecule has 4 aliphatic carbocycles. The number of anilines is 1. The number of aliphatic imine (C=N–C) groups is 1. The first-order valence-electron chi connectivity index (χ1n) is 12.3. The fourth-order valence-electron chi connectivity index (χ4n) is 6.98. The minimum absolute atomic E-state index is 0.314. The highest BCUT2D eigenvalue weighted by atomic mass is 16.3. The Kier molecular flexibility index (Phi) is 4.39. The number of fused-ring (bicyclic) bond motifs is 1. The number of benzene rings is 1. The van der Waals surface area contributed by atoms with Crippen LogP contribution in [0.3, 0.4) is 0 Å². The van der Waals surface area contributed by atoms with Crippen molar-refractivity contribution < 1.29 is 5.11 Å². The number of hydrogen-bond acceptors (Lipinski definition) is 5. The minimum Gasteiger partial charge on any atom is -0.390 e. The summed E-state index contributed by atoms with van der Waals surface area (Å²) in [6.45, 7) is 0. The number of aryl methyl sites for hydroxylation is 1. The van der Waals surface area contributed by atoms with E-state index in [4.69, 9.17) is 10.7 Å². The van der Waals surface area contributed by atoms with E-state index in [-0.39, 0.29) is 0 Å². The van der Waals surface area contributed by atoms with E-state index in [0.717, 1.165) is 52.8 Å². The van der Waals surface area contributed by atoms with E-state index in [1.807, 2.05) is 66.7 Å². The Bertz CT molecular complexity index is 1450. The number of nitrogens with one attached hydrogen (secondary N) is 1. The van der Waals surface area contributed by atoms with E-state index in [1.165, 1.54) is 6.42 Å². The average Bonchev–Trinajstić information content (AvgIpc) is 3.56. The van der Waals surface area contributed by atoms with Gasteiger partial charge in [-0.15, -0.1) is 0 Å². The van der Waals surface area contributed by atoms with Gasteiger partial charge in [0.2, 0.25) is 0 Å². The van der Waals surface area contributed by atoms with E-state index < -0.39 is 5.60 Å². The van der Waals surface area contributed by atoms with Gasteiger partial charge in [-0.3, -0.25) is 4.68 Å². The molecule has 0 aliphatic heterocycles. The number of hydrogen-bond donors (Lipinski definition) is 3. The first kappa shape index (κ1) is 20.7. The maximum Gasteiger partial charge on any atom is 0.135 e. The maximum absolute atomic E-state index is 10.9. The Morgan fingerprint density at radius 1 is 1.09 bits per heavy atom. The quantitative estimate of drug-likeness (QED) is 0.306. The summed E-state index contributed by atoms with van der Waals surface area (Å²) in [4.78, 5) is 4.70. The molecule has 0 amide bonds. The molecular weight excluding hydrogens is 438 g/mol. The van der Waals surface area contributed by atoms with E-state index in [0.29, 0.717) is 29.6 Å². The van der Waals surface area contributed by atoms with Crippen LogP contribution in [0.4, 0.5) is 11.4 Å². The highest BCUT2D eigenvalue weighted by Crippen LogP contribution is 2.60. The lowest BCUT2D eigenvalue weighted by molar-refractivity contribution is -0.0139.